The van der Waals surface area contributed by atoms with Crippen LogP contribution >= 0.6 is 0 Å². The van der Waals surface area contributed by atoms with Gasteiger partial charge in [0.1, 0.15) is 23.1 Å². The molecule has 0 aromatic heterocycles. The minimum atomic E-state index is -0.483. The third-order valence-electron chi connectivity index (χ3n) is 5.39. The molecule has 182 valence electrons. The molecule has 0 saturated carbocycles. The first-order valence-electron chi connectivity index (χ1n) is 11.3. The fourth-order valence-electron chi connectivity index (χ4n) is 3.76. The Bertz CT molecular complexity index is 1210. The summed E-state index contributed by atoms with van der Waals surface area (Å²) in [6.07, 6.45) is 2.65. The molecule has 1 amide bonds. The van der Waals surface area contributed by atoms with E-state index in [1.165, 1.54) is 26.0 Å². The number of ether oxygens (including phenoxy) is 2. The predicted molar refractivity (Wildman–Crippen MR) is 129 cm³/mol. The minimum absolute atomic E-state index is 0.00868. The number of hydrogen-bond donors (Lipinski definition) is 1. The van der Waals surface area contributed by atoms with Crippen molar-refractivity contribution in [1.29, 1.82) is 0 Å². The Morgan fingerprint density at radius 1 is 0.857 bits per heavy atom. The molecule has 1 aliphatic carbocycles. The van der Waals surface area contributed by atoms with Gasteiger partial charge in [-0.2, -0.15) is 0 Å². The van der Waals surface area contributed by atoms with Crippen molar-refractivity contribution in [1.82, 2.24) is 0 Å². The van der Waals surface area contributed by atoms with Crippen LogP contribution in [0.5, 0.6) is 11.5 Å². The lowest BCUT2D eigenvalue weighted by Crippen LogP contribution is -2.24. The van der Waals surface area contributed by atoms with Gasteiger partial charge in [0.15, 0.2) is 5.78 Å². The zero-order chi connectivity index (χ0) is 25.5. The molecule has 8 nitrogen and oxygen atoms in total. The summed E-state index contributed by atoms with van der Waals surface area (Å²) >= 11 is 0. The summed E-state index contributed by atoms with van der Waals surface area (Å²) in [5.41, 5.74) is 0.753. The first-order valence-corrected chi connectivity index (χ1v) is 11.3. The van der Waals surface area contributed by atoms with Gasteiger partial charge in [-0.1, -0.05) is 18.7 Å². The average molecular weight is 478 g/mol. The number of amides is 1. The van der Waals surface area contributed by atoms with Gasteiger partial charge in [-0.3, -0.25) is 14.4 Å². The smallest absolute Gasteiger partial charge is 0.247 e. The van der Waals surface area contributed by atoms with Crippen LogP contribution in [-0.4, -0.2) is 42.3 Å². The normalized spacial score (nSPS) is 11.8. The molecule has 2 aromatic rings. The molecule has 0 spiro atoms. The Kier molecular flexibility index (Phi) is 8.30. The number of Topliss-reactive ketones (excluding diaryl/α,β-unsaturated/α-hetero) is 2. The van der Waals surface area contributed by atoms with Gasteiger partial charge in [-0.05, 0) is 44.9 Å². The molecule has 1 aliphatic rings. The monoisotopic (exact) mass is 477 g/mol. The van der Waals surface area contributed by atoms with Crippen LogP contribution in [0.25, 0.3) is 0 Å². The van der Waals surface area contributed by atoms with Crippen LogP contribution in [0, 0.1) is 0 Å². The van der Waals surface area contributed by atoms with E-state index in [2.05, 4.69) is 11.9 Å². The summed E-state index contributed by atoms with van der Waals surface area (Å²) in [5.74, 6) is -0.915. The molecule has 0 bridgehead atoms. The van der Waals surface area contributed by atoms with Crippen molar-refractivity contribution in [2.75, 3.05) is 18.5 Å². The highest BCUT2D eigenvalue weighted by Crippen LogP contribution is 2.39. The number of fused-ring (bicyclic) bond motifs is 2. The molecule has 35 heavy (non-hydrogen) atoms. The second-order valence-corrected chi connectivity index (χ2v) is 8.24. The van der Waals surface area contributed by atoms with Crippen LogP contribution in [0.2, 0.25) is 0 Å². The van der Waals surface area contributed by atoms with E-state index in [1.54, 1.807) is 18.2 Å². The van der Waals surface area contributed by atoms with E-state index < -0.39 is 17.5 Å². The molecule has 0 fully saturated rings. The van der Waals surface area contributed by atoms with Gasteiger partial charge < -0.3 is 24.4 Å². The second-order valence-electron chi connectivity index (χ2n) is 8.24. The van der Waals surface area contributed by atoms with E-state index in [0.717, 1.165) is 6.08 Å². The van der Waals surface area contributed by atoms with Gasteiger partial charge in [0.05, 0.1) is 24.3 Å². The first-order chi connectivity index (χ1) is 16.7. The van der Waals surface area contributed by atoms with Crippen LogP contribution in [0.1, 0.15) is 71.4 Å². The topological polar surface area (TPSA) is 116 Å². The predicted octanol–water partition coefficient (Wildman–Crippen LogP) is 4.08. The van der Waals surface area contributed by atoms with Crippen LogP contribution < -0.4 is 14.8 Å². The quantitative estimate of drug-likeness (QED) is 0.309. The molecular weight excluding hydrogens is 450 g/mol. The fourth-order valence-corrected chi connectivity index (χ4v) is 3.76. The molecule has 0 radical (unpaired) electrons. The zero-order valence-electron chi connectivity index (χ0n) is 19.8. The molecule has 0 aliphatic heterocycles. The number of hydrogen-bond acceptors (Lipinski definition) is 7. The average Bonchev–Trinajstić information content (AvgIpc) is 2.82. The number of carbonyl (C=O) groups is 5. The van der Waals surface area contributed by atoms with Gasteiger partial charge in [-0.15, -0.1) is 0 Å². The van der Waals surface area contributed by atoms with Crippen LogP contribution in [0.4, 0.5) is 5.69 Å². The molecule has 1 N–H and O–H groups in total. The largest absolute Gasteiger partial charge is 0.493 e. The minimum Gasteiger partial charge on any atom is -0.493 e. The number of rotatable bonds is 12. The lowest BCUT2D eigenvalue weighted by Gasteiger charge is -2.23. The molecule has 0 atom stereocenters. The Morgan fingerprint density at radius 2 is 1.46 bits per heavy atom. The van der Waals surface area contributed by atoms with Crippen molar-refractivity contribution in [3.63, 3.8) is 0 Å². The van der Waals surface area contributed by atoms with Gasteiger partial charge in [0.25, 0.3) is 0 Å². The van der Waals surface area contributed by atoms with Crippen molar-refractivity contribution in [2.45, 2.75) is 39.5 Å². The van der Waals surface area contributed by atoms with Gasteiger partial charge >= 0.3 is 0 Å². The number of ketones is 4. The number of benzene rings is 2. The van der Waals surface area contributed by atoms with E-state index in [0.29, 0.717) is 25.7 Å². The zero-order valence-corrected chi connectivity index (χ0v) is 19.8. The second kappa shape index (κ2) is 11.4. The van der Waals surface area contributed by atoms with Gasteiger partial charge in [0.2, 0.25) is 11.7 Å². The summed E-state index contributed by atoms with van der Waals surface area (Å²) in [6, 6.07) is 7.68. The molecular formula is C27H27NO7. The van der Waals surface area contributed by atoms with Crippen LogP contribution in [0.15, 0.2) is 43.0 Å². The SMILES string of the molecule is C=CC(=O)Nc1cc(OCCCC(C)=O)c2c(c1)C(=O)c1cccc(OCCCC(C)=O)c1C2=O. The Hall–Kier alpha value is -4.07. The standard InChI is InChI=1S/C27H27NO7/c1-4-23(31)28-18-14-20-25(22(15-18)35-13-7-9-17(3)30)27(33)24-19(26(20)32)10-5-11-21(24)34-12-6-8-16(2)29/h4-5,10-11,14-15H,1,6-9,12-13H2,2-3H3,(H,28,31). The molecule has 0 saturated heterocycles. The van der Waals surface area contributed by atoms with E-state index in [9.17, 15) is 24.0 Å². The fraction of sp³-hybridized carbons (Fsp3) is 0.296. The van der Waals surface area contributed by atoms with Crippen molar-refractivity contribution < 1.29 is 33.4 Å². The van der Waals surface area contributed by atoms with Crippen molar-refractivity contribution in [2.24, 2.45) is 0 Å². The van der Waals surface area contributed by atoms with E-state index in [-0.39, 0.29) is 64.2 Å². The molecule has 0 heterocycles. The molecule has 3 rings (SSSR count). The van der Waals surface area contributed by atoms with E-state index in [4.69, 9.17) is 9.47 Å². The summed E-state index contributed by atoms with van der Waals surface area (Å²) < 4.78 is 11.6. The molecule has 2 aromatic carbocycles. The maximum atomic E-state index is 13.6. The first kappa shape index (κ1) is 25.6. The van der Waals surface area contributed by atoms with Crippen molar-refractivity contribution in [3.8, 4) is 11.5 Å². The number of anilines is 1. The third-order valence-corrected chi connectivity index (χ3v) is 5.39. The Morgan fingerprint density at radius 3 is 2.06 bits per heavy atom. The number of carbonyl (C=O) groups excluding carboxylic acids is 5. The van der Waals surface area contributed by atoms with Crippen LogP contribution in [-0.2, 0) is 14.4 Å². The summed E-state index contributed by atoms with van der Waals surface area (Å²) in [5, 5.41) is 2.60. The van der Waals surface area contributed by atoms with E-state index >= 15 is 0 Å². The highest BCUT2D eigenvalue weighted by molar-refractivity contribution is 6.30. The van der Waals surface area contributed by atoms with Crippen molar-refractivity contribution in [3.05, 3.63) is 65.2 Å². The van der Waals surface area contributed by atoms with Gasteiger partial charge in [0, 0.05) is 35.7 Å². The number of nitrogens with one attached hydrogen (secondary N) is 1. The maximum Gasteiger partial charge on any atom is 0.247 e. The summed E-state index contributed by atoms with van der Waals surface area (Å²) in [4.78, 5) is 61.4. The van der Waals surface area contributed by atoms with Crippen LogP contribution in [0.3, 0.4) is 0 Å². The third kappa shape index (κ3) is 6.09. The highest BCUT2D eigenvalue weighted by Gasteiger charge is 2.35. The Balaban J connectivity index is 2.00. The molecule has 8 heteroatoms. The highest BCUT2D eigenvalue weighted by atomic mass is 16.5. The van der Waals surface area contributed by atoms with Crippen molar-refractivity contribution >= 4 is 34.7 Å². The molecule has 0 unspecified atom stereocenters. The lowest BCUT2D eigenvalue weighted by molar-refractivity contribution is -0.118. The Labute approximate surface area is 203 Å². The van der Waals surface area contributed by atoms with Gasteiger partial charge in [-0.25, -0.2) is 0 Å². The maximum absolute atomic E-state index is 13.6. The summed E-state index contributed by atoms with van der Waals surface area (Å²) in [6.45, 7) is 6.75. The lowest BCUT2D eigenvalue weighted by atomic mass is 9.82. The van der Waals surface area contributed by atoms with E-state index in [1.807, 2.05) is 0 Å². The summed E-state index contributed by atoms with van der Waals surface area (Å²) in [7, 11) is 0.